The summed E-state index contributed by atoms with van der Waals surface area (Å²) in [4.78, 5) is 23.6. The zero-order valence-corrected chi connectivity index (χ0v) is 15.9. The van der Waals surface area contributed by atoms with Gasteiger partial charge in [-0.3, -0.25) is 20.4 Å². The second-order valence-electron chi connectivity index (χ2n) is 6.12. The molecule has 0 saturated heterocycles. The molecule has 0 aliphatic heterocycles. The fourth-order valence-electron chi connectivity index (χ4n) is 1.86. The van der Waals surface area contributed by atoms with Crippen molar-refractivity contribution in [3.05, 3.63) is 29.8 Å². The molecule has 2 amide bonds. The van der Waals surface area contributed by atoms with Crippen LogP contribution in [0.4, 0.5) is 0 Å². The number of benzene rings is 1. The van der Waals surface area contributed by atoms with Gasteiger partial charge in [0, 0.05) is 12.0 Å². The summed E-state index contributed by atoms with van der Waals surface area (Å²) in [5.41, 5.74) is 5.43. The van der Waals surface area contributed by atoms with Gasteiger partial charge in [-0.05, 0) is 55.2 Å². The number of rotatable bonds is 8. The molecule has 1 aromatic carbocycles. The molecule has 3 N–H and O–H groups in total. The summed E-state index contributed by atoms with van der Waals surface area (Å²) >= 11 is 4.96. The molecule has 0 fully saturated rings. The van der Waals surface area contributed by atoms with Gasteiger partial charge in [0.05, 0.1) is 6.61 Å². The molecule has 0 heterocycles. The maximum atomic E-state index is 12.0. The summed E-state index contributed by atoms with van der Waals surface area (Å²) in [6, 6.07) is 6.84. The van der Waals surface area contributed by atoms with Crippen molar-refractivity contribution in [1.82, 2.24) is 16.2 Å². The molecular weight excluding hydrogens is 338 g/mol. The maximum absolute atomic E-state index is 12.0. The molecule has 25 heavy (non-hydrogen) atoms. The summed E-state index contributed by atoms with van der Waals surface area (Å²) in [6.07, 6.45) is 3.12. The molecule has 6 nitrogen and oxygen atoms in total. The lowest BCUT2D eigenvalue weighted by molar-refractivity contribution is -0.119. The van der Waals surface area contributed by atoms with Gasteiger partial charge in [0.15, 0.2) is 5.11 Å². The van der Waals surface area contributed by atoms with Crippen molar-refractivity contribution >= 4 is 29.1 Å². The predicted octanol–water partition coefficient (Wildman–Crippen LogP) is 2.94. The van der Waals surface area contributed by atoms with Gasteiger partial charge in [0.25, 0.3) is 5.91 Å². The number of ether oxygens (including phenoxy) is 1. The van der Waals surface area contributed by atoms with Crippen LogP contribution < -0.4 is 20.9 Å². The molecule has 138 valence electrons. The van der Waals surface area contributed by atoms with Crippen LogP contribution in [0.2, 0.25) is 0 Å². The number of hydrogen-bond acceptors (Lipinski definition) is 4. The van der Waals surface area contributed by atoms with Gasteiger partial charge in [-0.1, -0.05) is 27.2 Å². The highest BCUT2D eigenvalue weighted by molar-refractivity contribution is 7.80. The summed E-state index contributed by atoms with van der Waals surface area (Å²) in [6.45, 7) is 6.93. The van der Waals surface area contributed by atoms with Crippen molar-refractivity contribution in [3.63, 3.8) is 0 Å². The van der Waals surface area contributed by atoms with E-state index >= 15 is 0 Å². The van der Waals surface area contributed by atoms with E-state index in [0.29, 0.717) is 24.5 Å². The molecule has 0 aliphatic carbocycles. The molecule has 1 aromatic rings. The zero-order valence-electron chi connectivity index (χ0n) is 15.1. The Hall–Kier alpha value is -2.15. The number of unbranched alkanes of at least 4 members (excludes halogenated alkanes) is 1. The van der Waals surface area contributed by atoms with Gasteiger partial charge in [-0.25, -0.2) is 0 Å². The Morgan fingerprint density at radius 1 is 1.16 bits per heavy atom. The number of hydrazine groups is 1. The number of amides is 2. The molecule has 0 aromatic heterocycles. The minimum absolute atomic E-state index is 0.0723. The normalized spacial score (nSPS) is 10.2. The second kappa shape index (κ2) is 11.4. The average Bonchev–Trinajstić information content (AvgIpc) is 2.58. The van der Waals surface area contributed by atoms with E-state index in [0.717, 1.165) is 25.0 Å². The van der Waals surface area contributed by atoms with Gasteiger partial charge < -0.3 is 10.1 Å². The summed E-state index contributed by atoms with van der Waals surface area (Å²) < 4.78 is 5.61. The van der Waals surface area contributed by atoms with Crippen LogP contribution in [0, 0.1) is 5.92 Å². The Labute approximate surface area is 154 Å². The third-order valence-corrected chi connectivity index (χ3v) is 3.58. The van der Waals surface area contributed by atoms with E-state index in [1.165, 1.54) is 0 Å². The monoisotopic (exact) mass is 365 g/mol. The third-order valence-electron chi connectivity index (χ3n) is 3.38. The second-order valence-corrected chi connectivity index (χ2v) is 6.52. The van der Waals surface area contributed by atoms with Crippen LogP contribution in [-0.2, 0) is 4.79 Å². The van der Waals surface area contributed by atoms with Crippen molar-refractivity contribution in [2.45, 2.75) is 46.5 Å². The molecule has 0 atom stereocenters. The number of thiocarbonyl (C=S) groups is 1. The van der Waals surface area contributed by atoms with Crippen LogP contribution in [0.15, 0.2) is 24.3 Å². The van der Waals surface area contributed by atoms with Crippen molar-refractivity contribution in [2.24, 2.45) is 5.92 Å². The summed E-state index contributed by atoms with van der Waals surface area (Å²) in [7, 11) is 0. The Morgan fingerprint density at radius 3 is 2.44 bits per heavy atom. The molecule has 0 spiro atoms. The first-order valence-corrected chi connectivity index (χ1v) is 8.96. The van der Waals surface area contributed by atoms with Crippen molar-refractivity contribution in [3.8, 4) is 5.75 Å². The fraction of sp³-hybridized carbons (Fsp3) is 0.500. The number of nitrogens with one attached hydrogen (secondary N) is 3. The molecule has 0 saturated carbocycles. The fourth-order valence-corrected chi connectivity index (χ4v) is 2.02. The van der Waals surface area contributed by atoms with E-state index in [9.17, 15) is 9.59 Å². The number of hydrogen-bond donors (Lipinski definition) is 3. The lowest BCUT2D eigenvalue weighted by Crippen LogP contribution is -2.48. The average molecular weight is 365 g/mol. The predicted molar refractivity (Wildman–Crippen MR) is 102 cm³/mol. The molecule has 1 rings (SSSR count). The van der Waals surface area contributed by atoms with E-state index in [1.54, 1.807) is 24.3 Å². The minimum atomic E-state index is -0.348. The highest BCUT2D eigenvalue weighted by atomic mass is 32.1. The topological polar surface area (TPSA) is 79.5 Å². The lowest BCUT2D eigenvalue weighted by atomic mass is 10.1. The minimum Gasteiger partial charge on any atom is -0.494 e. The Kier molecular flexibility index (Phi) is 9.54. The largest absolute Gasteiger partial charge is 0.494 e. The number of carbonyl (C=O) groups is 2. The SMILES string of the molecule is CCCCC(=O)NC(=S)NNC(=O)c1ccc(OCCC(C)C)cc1. The first kappa shape index (κ1) is 20.9. The van der Waals surface area contributed by atoms with Crippen LogP contribution in [0.25, 0.3) is 0 Å². The molecular formula is C18H27N3O3S. The van der Waals surface area contributed by atoms with E-state index in [4.69, 9.17) is 17.0 Å². The Bertz CT molecular complexity index is 573. The van der Waals surface area contributed by atoms with Gasteiger partial charge >= 0.3 is 0 Å². The molecule has 0 bridgehead atoms. The van der Waals surface area contributed by atoms with Gasteiger partial charge in [0.1, 0.15) is 5.75 Å². The van der Waals surface area contributed by atoms with Crippen LogP contribution in [0.1, 0.15) is 56.8 Å². The summed E-state index contributed by atoms with van der Waals surface area (Å²) in [5.74, 6) is 0.793. The van der Waals surface area contributed by atoms with Crippen molar-refractivity contribution < 1.29 is 14.3 Å². The zero-order chi connectivity index (χ0) is 18.7. The molecule has 0 radical (unpaired) electrons. The van der Waals surface area contributed by atoms with E-state index in [1.807, 2.05) is 6.92 Å². The standard InChI is InChI=1S/C18H27N3O3S/c1-4-5-6-16(22)19-18(25)21-20-17(23)14-7-9-15(10-8-14)24-12-11-13(2)3/h7-10,13H,4-6,11-12H2,1-3H3,(H,20,23)(H2,19,21,22,25). The van der Waals surface area contributed by atoms with Gasteiger partial charge in [-0.15, -0.1) is 0 Å². The summed E-state index contributed by atoms with van der Waals surface area (Å²) in [5, 5.41) is 2.58. The van der Waals surface area contributed by atoms with Crippen LogP contribution in [0.5, 0.6) is 5.75 Å². The molecule has 0 aliphatic rings. The quantitative estimate of drug-likeness (QED) is 0.488. The molecule has 0 unspecified atom stereocenters. The molecule has 7 heteroatoms. The van der Waals surface area contributed by atoms with Crippen LogP contribution in [-0.4, -0.2) is 23.5 Å². The van der Waals surface area contributed by atoms with Crippen LogP contribution in [0.3, 0.4) is 0 Å². The lowest BCUT2D eigenvalue weighted by Gasteiger charge is -2.11. The van der Waals surface area contributed by atoms with E-state index in [-0.39, 0.29) is 16.9 Å². The number of carbonyl (C=O) groups excluding carboxylic acids is 2. The maximum Gasteiger partial charge on any atom is 0.269 e. The highest BCUT2D eigenvalue weighted by Gasteiger charge is 2.08. The van der Waals surface area contributed by atoms with Gasteiger partial charge in [0.2, 0.25) is 5.91 Å². The van der Waals surface area contributed by atoms with Crippen molar-refractivity contribution in [1.29, 1.82) is 0 Å². The van der Waals surface area contributed by atoms with E-state index in [2.05, 4.69) is 30.0 Å². The Balaban J connectivity index is 2.37. The van der Waals surface area contributed by atoms with Crippen LogP contribution >= 0.6 is 12.2 Å². The Morgan fingerprint density at radius 2 is 1.84 bits per heavy atom. The van der Waals surface area contributed by atoms with Gasteiger partial charge in [-0.2, -0.15) is 0 Å². The first-order valence-electron chi connectivity index (χ1n) is 8.55. The van der Waals surface area contributed by atoms with Crippen molar-refractivity contribution in [2.75, 3.05) is 6.61 Å². The van der Waals surface area contributed by atoms with E-state index < -0.39 is 0 Å². The first-order chi connectivity index (χ1) is 11.9. The highest BCUT2D eigenvalue weighted by Crippen LogP contribution is 2.13. The third kappa shape index (κ3) is 9.05. The smallest absolute Gasteiger partial charge is 0.269 e.